The predicted molar refractivity (Wildman–Crippen MR) is 71.3 cm³/mol. The summed E-state index contributed by atoms with van der Waals surface area (Å²) in [5, 5.41) is 19.1. The number of nitrogens with one attached hydrogen (secondary N) is 2. The van der Waals surface area contributed by atoms with E-state index in [1.807, 2.05) is 6.07 Å². The maximum Gasteiger partial charge on any atom is 0.225 e. The van der Waals surface area contributed by atoms with Crippen LogP contribution in [0.3, 0.4) is 0 Å². The van der Waals surface area contributed by atoms with E-state index in [9.17, 15) is 4.39 Å². The molecular formula is C13H9FN6. The second-order valence-corrected chi connectivity index (χ2v) is 4.12. The normalized spacial score (nSPS) is 10.4. The number of anilines is 1. The minimum absolute atomic E-state index is 0.237. The van der Waals surface area contributed by atoms with Gasteiger partial charge in [-0.05, 0) is 18.2 Å². The second-order valence-electron chi connectivity index (χ2n) is 4.12. The average Bonchev–Trinajstić information content (AvgIpc) is 2.93. The second kappa shape index (κ2) is 4.59. The lowest BCUT2D eigenvalue weighted by atomic mass is 10.1. The summed E-state index contributed by atoms with van der Waals surface area (Å²) in [6.45, 7) is 0. The highest BCUT2D eigenvalue weighted by molar-refractivity contribution is 5.90. The Morgan fingerprint density at radius 3 is 2.90 bits per heavy atom. The van der Waals surface area contributed by atoms with Gasteiger partial charge in [-0.2, -0.15) is 15.3 Å². The van der Waals surface area contributed by atoms with Crippen molar-refractivity contribution in [1.29, 1.82) is 5.26 Å². The smallest absolute Gasteiger partial charge is 0.225 e. The summed E-state index contributed by atoms with van der Waals surface area (Å²) in [5.74, 6) is -0.0974. The van der Waals surface area contributed by atoms with Crippen LogP contribution in [0.4, 0.5) is 10.3 Å². The summed E-state index contributed by atoms with van der Waals surface area (Å²) in [6.07, 6.45) is 1.57. The van der Waals surface area contributed by atoms with Crippen molar-refractivity contribution in [2.75, 3.05) is 12.4 Å². The highest BCUT2D eigenvalue weighted by Gasteiger charge is 2.12. The molecule has 0 aliphatic heterocycles. The third kappa shape index (κ3) is 1.93. The van der Waals surface area contributed by atoms with Crippen molar-refractivity contribution >= 4 is 17.0 Å². The van der Waals surface area contributed by atoms with E-state index in [2.05, 4.69) is 25.5 Å². The molecule has 1 aromatic carbocycles. The summed E-state index contributed by atoms with van der Waals surface area (Å²) in [7, 11) is 1.69. The number of nitriles is 1. The quantitative estimate of drug-likeness (QED) is 0.742. The maximum atomic E-state index is 13.6. The van der Waals surface area contributed by atoms with E-state index < -0.39 is 5.82 Å². The van der Waals surface area contributed by atoms with Crippen molar-refractivity contribution in [3.8, 4) is 17.3 Å². The molecule has 0 saturated heterocycles. The van der Waals surface area contributed by atoms with E-state index in [0.717, 1.165) is 0 Å². The van der Waals surface area contributed by atoms with E-state index in [0.29, 0.717) is 28.2 Å². The third-order valence-corrected chi connectivity index (χ3v) is 2.83. The van der Waals surface area contributed by atoms with Gasteiger partial charge in [0.1, 0.15) is 5.82 Å². The monoisotopic (exact) mass is 268 g/mol. The largest absolute Gasteiger partial charge is 0.357 e. The van der Waals surface area contributed by atoms with Crippen molar-refractivity contribution in [3.63, 3.8) is 0 Å². The van der Waals surface area contributed by atoms with E-state index in [-0.39, 0.29) is 5.56 Å². The number of aromatic amines is 1. The molecule has 6 nitrogen and oxygen atoms in total. The molecule has 20 heavy (non-hydrogen) atoms. The fraction of sp³-hybridized carbons (Fsp3) is 0.0769. The van der Waals surface area contributed by atoms with E-state index >= 15 is 0 Å². The summed E-state index contributed by atoms with van der Waals surface area (Å²) in [4.78, 5) is 8.53. The van der Waals surface area contributed by atoms with Gasteiger partial charge in [0, 0.05) is 12.6 Å². The van der Waals surface area contributed by atoms with Gasteiger partial charge < -0.3 is 5.32 Å². The van der Waals surface area contributed by atoms with Gasteiger partial charge in [0.15, 0.2) is 5.65 Å². The molecule has 0 amide bonds. The first-order valence-electron chi connectivity index (χ1n) is 5.81. The molecular weight excluding hydrogens is 259 g/mol. The van der Waals surface area contributed by atoms with Gasteiger partial charge in [0.05, 0.1) is 28.9 Å². The number of nitrogens with zero attached hydrogens (tertiary/aromatic N) is 4. The van der Waals surface area contributed by atoms with Crippen LogP contribution in [0.15, 0.2) is 24.4 Å². The van der Waals surface area contributed by atoms with E-state index in [1.54, 1.807) is 19.3 Å². The minimum atomic E-state index is -0.486. The highest BCUT2D eigenvalue weighted by atomic mass is 19.1. The number of benzene rings is 1. The van der Waals surface area contributed by atoms with Crippen molar-refractivity contribution in [1.82, 2.24) is 20.2 Å². The Balaban J connectivity index is 2.31. The standard InChI is InChI=1S/C13H9FN6/c1-16-13-18-11(10-6-17-20-12(10)19-13)8-2-7(5-15)3-9(14)4-8/h2-4,6H,1H3,(H2,16,17,18,19,20). The third-order valence-electron chi connectivity index (χ3n) is 2.83. The molecule has 7 heteroatoms. The molecule has 0 spiro atoms. The van der Waals surface area contributed by atoms with E-state index in [1.165, 1.54) is 12.1 Å². The maximum absolute atomic E-state index is 13.6. The molecule has 0 saturated carbocycles. The van der Waals surface area contributed by atoms with Crippen LogP contribution >= 0.6 is 0 Å². The number of aromatic nitrogens is 4. The van der Waals surface area contributed by atoms with Crippen molar-refractivity contribution < 1.29 is 4.39 Å². The Hall–Kier alpha value is -3.01. The van der Waals surface area contributed by atoms with Crippen molar-refractivity contribution in [2.24, 2.45) is 0 Å². The SMILES string of the molecule is CNc1nc(-c2cc(F)cc(C#N)c2)c2cn[nH]c2n1. The number of hydrogen-bond acceptors (Lipinski definition) is 5. The van der Waals surface area contributed by atoms with Crippen LogP contribution < -0.4 is 5.32 Å². The lowest BCUT2D eigenvalue weighted by molar-refractivity contribution is 0.628. The van der Waals surface area contributed by atoms with Gasteiger partial charge in [-0.1, -0.05) is 0 Å². The molecule has 2 heterocycles. The average molecular weight is 268 g/mol. The van der Waals surface area contributed by atoms with Gasteiger partial charge in [-0.3, -0.25) is 5.10 Å². The van der Waals surface area contributed by atoms with Gasteiger partial charge in [0.2, 0.25) is 5.95 Å². The summed E-state index contributed by atoms with van der Waals surface area (Å²) in [6, 6.07) is 6.01. The first-order chi connectivity index (χ1) is 9.71. The molecule has 3 aromatic rings. The molecule has 0 radical (unpaired) electrons. The number of halogens is 1. The lowest BCUT2D eigenvalue weighted by Crippen LogP contribution is -1.99. The zero-order valence-corrected chi connectivity index (χ0v) is 10.5. The Labute approximate surface area is 113 Å². The Bertz CT molecular complexity index is 832. The molecule has 0 aliphatic rings. The molecule has 0 unspecified atom stereocenters. The molecule has 3 rings (SSSR count). The molecule has 0 atom stereocenters. The number of fused-ring (bicyclic) bond motifs is 1. The Morgan fingerprint density at radius 2 is 2.15 bits per heavy atom. The summed E-state index contributed by atoms with van der Waals surface area (Å²) >= 11 is 0. The molecule has 2 aromatic heterocycles. The van der Waals surface area contributed by atoms with Gasteiger partial charge in [-0.25, -0.2) is 9.37 Å². The first kappa shape index (κ1) is 12.0. The van der Waals surface area contributed by atoms with Gasteiger partial charge >= 0.3 is 0 Å². The van der Waals surface area contributed by atoms with Crippen LogP contribution in [0.5, 0.6) is 0 Å². The predicted octanol–water partition coefficient (Wildman–Crippen LogP) is 2.07. The lowest BCUT2D eigenvalue weighted by Gasteiger charge is -2.06. The summed E-state index contributed by atoms with van der Waals surface area (Å²) in [5.41, 5.74) is 1.80. The summed E-state index contributed by atoms with van der Waals surface area (Å²) < 4.78 is 13.6. The molecule has 0 aliphatic carbocycles. The van der Waals surface area contributed by atoms with Gasteiger partial charge in [0.25, 0.3) is 0 Å². The zero-order valence-electron chi connectivity index (χ0n) is 10.5. The van der Waals surface area contributed by atoms with Crippen LogP contribution in [0, 0.1) is 17.1 Å². The first-order valence-corrected chi connectivity index (χ1v) is 5.81. The number of H-pyrrole nitrogens is 1. The fourth-order valence-corrected chi connectivity index (χ4v) is 1.96. The molecule has 2 N–H and O–H groups in total. The highest BCUT2D eigenvalue weighted by Crippen LogP contribution is 2.27. The topological polar surface area (TPSA) is 90.3 Å². The van der Waals surface area contributed by atoms with Gasteiger partial charge in [-0.15, -0.1) is 0 Å². The minimum Gasteiger partial charge on any atom is -0.357 e. The number of rotatable bonds is 2. The molecule has 0 bridgehead atoms. The Kier molecular flexibility index (Phi) is 2.76. The van der Waals surface area contributed by atoms with Crippen LogP contribution in [0.25, 0.3) is 22.3 Å². The Morgan fingerprint density at radius 1 is 1.30 bits per heavy atom. The van der Waals surface area contributed by atoms with E-state index in [4.69, 9.17) is 5.26 Å². The van der Waals surface area contributed by atoms with Crippen LogP contribution in [-0.4, -0.2) is 27.2 Å². The number of hydrogen-bond donors (Lipinski definition) is 2. The van der Waals surface area contributed by atoms with Crippen LogP contribution in [0.1, 0.15) is 5.56 Å². The fourth-order valence-electron chi connectivity index (χ4n) is 1.96. The zero-order chi connectivity index (χ0) is 14.1. The molecule has 98 valence electrons. The van der Waals surface area contributed by atoms with Crippen LogP contribution in [-0.2, 0) is 0 Å². The van der Waals surface area contributed by atoms with Crippen molar-refractivity contribution in [2.45, 2.75) is 0 Å². The molecule has 0 fully saturated rings. The van der Waals surface area contributed by atoms with Crippen molar-refractivity contribution in [3.05, 3.63) is 35.8 Å². The van der Waals surface area contributed by atoms with Crippen LogP contribution in [0.2, 0.25) is 0 Å².